The van der Waals surface area contributed by atoms with E-state index in [1.807, 2.05) is 6.92 Å². The van der Waals surface area contributed by atoms with Crippen LogP contribution in [0.2, 0.25) is 5.02 Å². The van der Waals surface area contributed by atoms with E-state index in [2.05, 4.69) is 4.72 Å². The highest BCUT2D eigenvalue weighted by molar-refractivity contribution is 7.89. The van der Waals surface area contributed by atoms with Gasteiger partial charge in [-0.2, -0.15) is 0 Å². The third-order valence-corrected chi connectivity index (χ3v) is 4.91. The van der Waals surface area contributed by atoms with Crippen molar-refractivity contribution in [1.29, 1.82) is 0 Å². The fourth-order valence-corrected chi connectivity index (χ4v) is 3.30. The number of nitrogens with one attached hydrogen (secondary N) is 1. The van der Waals surface area contributed by atoms with Crippen LogP contribution in [0.5, 0.6) is 0 Å². The summed E-state index contributed by atoms with van der Waals surface area (Å²) in [6.07, 6.45) is 1.04. The number of carbonyl (C=O) groups is 1. The Labute approximate surface area is 128 Å². The molecule has 1 atom stereocenters. The van der Waals surface area contributed by atoms with Crippen LogP contribution in [0.1, 0.15) is 26.2 Å². The molecule has 1 unspecified atom stereocenters. The lowest BCUT2D eigenvalue weighted by Crippen LogP contribution is -2.26. The van der Waals surface area contributed by atoms with Gasteiger partial charge in [0.15, 0.2) is 0 Å². The number of halogens is 2. The minimum atomic E-state index is -3.80. The Morgan fingerprint density at radius 3 is 2.67 bits per heavy atom. The van der Waals surface area contributed by atoms with Crippen LogP contribution in [0.15, 0.2) is 23.1 Å². The quantitative estimate of drug-likeness (QED) is 0.764. The summed E-state index contributed by atoms with van der Waals surface area (Å²) in [5.41, 5.74) is 0. The molecule has 5 nitrogen and oxygen atoms in total. The molecule has 0 heterocycles. The highest BCUT2D eigenvalue weighted by Crippen LogP contribution is 2.22. The lowest BCUT2D eigenvalue weighted by molar-refractivity contribution is -0.137. The molecule has 0 aliphatic rings. The molecule has 0 amide bonds. The lowest BCUT2D eigenvalue weighted by atomic mass is 10.0. The molecule has 8 heteroatoms. The molecule has 0 aliphatic heterocycles. The molecule has 0 saturated carbocycles. The van der Waals surface area contributed by atoms with Crippen molar-refractivity contribution in [3.8, 4) is 0 Å². The van der Waals surface area contributed by atoms with Crippen molar-refractivity contribution < 1.29 is 22.7 Å². The van der Waals surface area contributed by atoms with Gasteiger partial charge < -0.3 is 5.11 Å². The monoisotopic (exact) mass is 337 g/mol. The van der Waals surface area contributed by atoms with Crippen LogP contribution in [0.3, 0.4) is 0 Å². The van der Waals surface area contributed by atoms with E-state index in [-0.39, 0.29) is 28.8 Å². The van der Waals surface area contributed by atoms with E-state index in [1.54, 1.807) is 0 Å². The number of hydrogen-bond acceptors (Lipinski definition) is 3. The van der Waals surface area contributed by atoms with Crippen molar-refractivity contribution in [2.45, 2.75) is 31.1 Å². The Balaban J connectivity index is 2.55. The summed E-state index contributed by atoms with van der Waals surface area (Å²) in [7, 11) is -3.80. The van der Waals surface area contributed by atoms with E-state index in [0.717, 1.165) is 18.2 Å². The predicted octanol–water partition coefficient (Wildman–Crippen LogP) is 2.65. The number of sulfonamides is 1. The Hall–Kier alpha value is -1.18. The number of aliphatic carboxylic acids is 1. The van der Waals surface area contributed by atoms with E-state index in [9.17, 15) is 17.6 Å². The third-order valence-electron chi connectivity index (χ3n) is 2.96. The number of carboxylic acids is 1. The molecule has 1 aromatic carbocycles. The molecule has 2 N–H and O–H groups in total. The first-order valence-corrected chi connectivity index (χ1v) is 8.25. The van der Waals surface area contributed by atoms with Crippen LogP contribution >= 0.6 is 11.6 Å². The first-order valence-electron chi connectivity index (χ1n) is 6.39. The second kappa shape index (κ2) is 7.72. The molecular weight excluding hydrogens is 321 g/mol. The van der Waals surface area contributed by atoms with Gasteiger partial charge in [0.2, 0.25) is 10.0 Å². The molecule has 0 spiro atoms. The van der Waals surface area contributed by atoms with Gasteiger partial charge in [0.25, 0.3) is 0 Å². The summed E-state index contributed by atoms with van der Waals surface area (Å²) in [5.74, 6) is -1.41. The summed E-state index contributed by atoms with van der Waals surface area (Å²) in [6.45, 7) is 2.01. The highest BCUT2D eigenvalue weighted by Gasteiger charge is 2.18. The molecule has 0 aromatic heterocycles. The van der Waals surface area contributed by atoms with Gasteiger partial charge in [0.1, 0.15) is 10.7 Å². The summed E-state index contributed by atoms with van der Waals surface area (Å²) < 4.78 is 39.3. The van der Waals surface area contributed by atoms with E-state index >= 15 is 0 Å². The molecule has 0 bridgehead atoms. The van der Waals surface area contributed by atoms with Crippen molar-refractivity contribution in [2.75, 3.05) is 6.54 Å². The molecule has 1 aromatic rings. The van der Waals surface area contributed by atoms with Crippen molar-refractivity contribution in [3.05, 3.63) is 29.0 Å². The second-order valence-corrected chi connectivity index (χ2v) is 6.94. The van der Waals surface area contributed by atoms with Gasteiger partial charge in [0.05, 0.1) is 5.02 Å². The van der Waals surface area contributed by atoms with E-state index in [1.165, 1.54) is 0 Å². The number of rotatable bonds is 8. The predicted molar refractivity (Wildman–Crippen MR) is 77.2 cm³/mol. The zero-order valence-corrected chi connectivity index (χ0v) is 13.0. The average molecular weight is 338 g/mol. The van der Waals surface area contributed by atoms with Gasteiger partial charge >= 0.3 is 5.97 Å². The molecule has 0 aliphatic carbocycles. The summed E-state index contributed by atoms with van der Waals surface area (Å²) in [5, 5.41) is 8.38. The largest absolute Gasteiger partial charge is 0.481 e. The Kier molecular flexibility index (Phi) is 6.57. The zero-order valence-electron chi connectivity index (χ0n) is 11.5. The van der Waals surface area contributed by atoms with E-state index < -0.39 is 21.8 Å². The van der Waals surface area contributed by atoms with Crippen LogP contribution in [-0.4, -0.2) is 26.0 Å². The van der Waals surface area contributed by atoms with Crippen LogP contribution in [-0.2, 0) is 14.8 Å². The summed E-state index contributed by atoms with van der Waals surface area (Å²) in [6, 6.07) is 3.06. The summed E-state index contributed by atoms with van der Waals surface area (Å²) in [4.78, 5) is 10.3. The van der Waals surface area contributed by atoms with Crippen LogP contribution in [0.25, 0.3) is 0 Å². The smallest absolute Gasteiger partial charge is 0.303 e. The van der Waals surface area contributed by atoms with Gasteiger partial charge in [0, 0.05) is 13.0 Å². The Morgan fingerprint density at radius 2 is 2.10 bits per heavy atom. The summed E-state index contributed by atoms with van der Waals surface area (Å²) >= 11 is 5.72. The minimum Gasteiger partial charge on any atom is -0.481 e. The average Bonchev–Trinajstić information content (AvgIpc) is 2.35. The lowest BCUT2D eigenvalue weighted by Gasteiger charge is -2.12. The molecule has 118 valence electrons. The Bertz CT molecular complexity index is 606. The molecule has 0 radical (unpaired) electrons. The maximum Gasteiger partial charge on any atom is 0.303 e. The van der Waals surface area contributed by atoms with Crippen molar-refractivity contribution in [2.24, 2.45) is 5.92 Å². The second-order valence-electron chi connectivity index (χ2n) is 4.80. The van der Waals surface area contributed by atoms with Gasteiger partial charge in [-0.3, -0.25) is 4.79 Å². The van der Waals surface area contributed by atoms with Crippen LogP contribution < -0.4 is 4.72 Å². The van der Waals surface area contributed by atoms with E-state index in [4.69, 9.17) is 16.7 Å². The normalized spacial score (nSPS) is 13.1. The third kappa shape index (κ3) is 5.99. The Morgan fingerprint density at radius 1 is 1.43 bits per heavy atom. The fraction of sp³-hybridized carbons (Fsp3) is 0.462. The van der Waals surface area contributed by atoms with Gasteiger partial charge in [-0.25, -0.2) is 17.5 Å². The number of hydrogen-bond donors (Lipinski definition) is 2. The van der Waals surface area contributed by atoms with Gasteiger partial charge in [-0.15, -0.1) is 0 Å². The van der Waals surface area contributed by atoms with Crippen molar-refractivity contribution in [1.82, 2.24) is 4.72 Å². The first-order chi connectivity index (χ1) is 9.72. The van der Waals surface area contributed by atoms with Crippen molar-refractivity contribution in [3.63, 3.8) is 0 Å². The van der Waals surface area contributed by atoms with Crippen LogP contribution in [0.4, 0.5) is 4.39 Å². The molecular formula is C13H17ClFNO4S. The molecule has 0 fully saturated rings. The maximum absolute atomic E-state index is 12.9. The topological polar surface area (TPSA) is 83.5 Å². The zero-order chi connectivity index (χ0) is 16.0. The number of benzene rings is 1. The molecule has 0 saturated heterocycles. The maximum atomic E-state index is 12.9. The first kappa shape index (κ1) is 17.9. The van der Waals surface area contributed by atoms with Gasteiger partial charge in [-0.1, -0.05) is 18.5 Å². The fourth-order valence-electron chi connectivity index (χ4n) is 1.72. The van der Waals surface area contributed by atoms with Gasteiger partial charge in [-0.05, 0) is 37.0 Å². The highest BCUT2D eigenvalue weighted by atomic mass is 35.5. The standard InChI is InChI=1S/C13H17ClFNO4S/c1-9(2-5-13(17)18)6-7-16-21(19,20)12-4-3-10(15)8-11(12)14/h3-4,8-9,16H,2,5-7H2,1H3,(H,17,18). The number of carboxylic acid groups (broad SMARTS) is 1. The SMILES string of the molecule is CC(CCNS(=O)(=O)c1ccc(F)cc1Cl)CCC(=O)O. The molecule has 21 heavy (non-hydrogen) atoms. The van der Waals surface area contributed by atoms with Crippen LogP contribution in [0, 0.1) is 11.7 Å². The minimum absolute atomic E-state index is 0.0533. The van der Waals surface area contributed by atoms with Crippen molar-refractivity contribution >= 4 is 27.6 Å². The van der Waals surface area contributed by atoms with E-state index in [0.29, 0.717) is 12.8 Å². The molecule has 1 rings (SSSR count).